The molecule has 1 atom stereocenters. The first-order chi connectivity index (χ1) is 11.4. The highest BCUT2D eigenvalue weighted by atomic mass is 32.2. The average Bonchev–Trinajstić information content (AvgIpc) is 2.89. The Kier molecular flexibility index (Phi) is 4.50. The molecule has 0 aromatic carbocycles. The van der Waals surface area contributed by atoms with Crippen molar-refractivity contribution in [2.75, 3.05) is 13.1 Å². The smallest absolute Gasteiger partial charge is 0.316 e. The van der Waals surface area contributed by atoms with Crippen LogP contribution < -0.4 is 4.74 Å². The predicted octanol–water partition coefficient (Wildman–Crippen LogP) is 1.19. The lowest BCUT2D eigenvalue weighted by Crippen LogP contribution is -2.44. The number of aromatic nitrogens is 4. The van der Waals surface area contributed by atoms with Crippen LogP contribution in [0.15, 0.2) is 17.3 Å². The van der Waals surface area contributed by atoms with Crippen molar-refractivity contribution in [2.24, 2.45) is 0 Å². The molecule has 2 aromatic rings. The van der Waals surface area contributed by atoms with Crippen LogP contribution in [0.25, 0.3) is 0 Å². The summed E-state index contributed by atoms with van der Waals surface area (Å²) in [6, 6.07) is 0.0383. The second-order valence-electron chi connectivity index (χ2n) is 5.69. The summed E-state index contributed by atoms with van der Waals surface area (Å²) in [5, 5.41) is 6.65. The van der Waals surface area contributed by atoms with Gasteiger partial charge in [-0.2, -0.15) is 9.40 Å². The molecular formula is C14H18FN5O3S. The van der Waals surface area contributed by atoms with Crippen LogP contribution in [0.5, 0.6) is 6.01 Å². The van der Waals surface area contributed by atoms with E-state index in [0.29, 0.717) is 30.8 Å². The predicted molar refractivity (Wildman–Crippen MR) is 82.5 cm³/mol. The van der Waals surface area contributed by atoms with Crippen LogP contribution in [0.1, 0.15) is 24.2 Å². The monoisotopic (exact) mass is 355 g/mol. The molecule has 0 radical (unpaired) electrons. The van der Waals surface area contributed by atoms with Crippen molar-refractivity contribution in [3.63, 3.8) is 0 Å². The number of rotatable bonds is 4. The summed E-state index contributed by atoms with van der Waals surface area (Å²) in [5.41, 5.74) is 0.954. The van der Waals surface area contributed by atoms with E-state index in [-0.39, 0.29) is 23.6 Å². The zero-order valence-corrected chi connectivity index (χ0v) is 14.2. The molecule has 3 heterocycles. The highest BCUT2D eigenvalue weighted by molar-refractivity contribution is 7.89. The third-order valence-electron chi connectivity index (χ3n) is 3.87. The Morgan fingerprint density at radius 3 is 2.67 bits per heavy atom. The molecule has 0 saturated carbocycles. The van der Waals surface area contributed by atoms with E-state index in [1.54, 1.807) is 13.8 Å². The number of halogens is 1. The number of nitrogens with one attached hydrogen (secondary N) is 1. The Labute approximate surface area is 139 Å². The van der Waals surface area contributed by atoms with Gasteiger partial charge in [0.15, 0.2) is 5.82 Å². The fraction of sp³-hybridized carbons (Fsp3) is 0.500. The first-order valence-corrected chi connectivity index (χ1v) is 8.98. The second kappa shape index (κ2) is 6.44. The molecule has 3 rings (SSSR count). The molecule has 0 spiro atoms. The molecule has 1 saturated heterocycles. The van der Waals surface area contributed by atoms with Crippen LogP contribution in [-0.4, -0.2) is 52.1 Å². The van der Waals surface area contributed by atoms with E-state index in [1.165, 1.54) is 4.31 Å². The maximum absolute atomic E-state index is 12.9. The van der Waals surface area contributed by atoms with Crippen LogP contribution in [0, 0.1) is 19.7 Å². The molecule has 0 aliphatic carbocycles. The Morgan fingerprint density at radius 2 is 2.04 bits per heavy atom. The van der Waals surface area contributed by atoms with Gasteiger partial charge in [-0.25, -0.2) is 22.8 Å². The van der Waals surface area contributed by atoms with E-state index < -0.39 is 15.8 Å². The van der Waals surface area contributed by atoms with Gasteiger partial charge in [0, 0.05) is 6.54 Å². The second-order valence-corrected chi connectivity index (χ2v) is 7.57. The van der Waals surface area contributed by atoms with Gasteiger partial charge in [-0.1, -0.05) is 0 Å². The summed E-state index contributed by atoms with van der Waals surface area (Å²) in [6.07, 6.45) is 2.97. The van der Waals surface area contributed by atoms with Crippen LogP contribution in [0.2, 0.25) is 0 Å². The van der Waals surface area contributed by atoms with Gasteiger partial charge in [0.25, 0.3) is 0 Å². The highest BCUT2D eigenvalue weighted by Crippen LogP contribution is 2.25. The van der Waals surface area contributed by atoms with Crippen molar-refractivity contribution < 1.29 is 17.5 Å². The Balaban J connectivity index is 1.77. The molecule has 2 aromatic heterocycles. The maximum atomic E-state index is 12.9. The number of sulfonamides is 1. The molecular weight excluding hydrogens is 337 g/mol. The number of aromatic amines is 1. The number of H-pyrrole nitrogens is 1. The standard InChI is InChI=1S/C14H18FN5O3S/c1-9-13(10(2)19-18-9)24(21,22)20-5-3-4-12(8-20)23-14-16-6-11(15)7-17-14/h6-7,12H,3-5,8H2,1-2H3,(H,18,19). The van der Waals surface area contributed by atoms with Crippen molar-refractivity contribution in [3.05, 3.63) is 29.6 Å². The fourth-order valence-corrected chi connectivity index (χ4v) is 4.62. The minimum Gasteiger partial charge on any atom is -0.459 e. The van der Waals surface area contributed by atoms with E-state index in [4.69, 9.17) is 4.74 Å². The van der Waals surface area contributed by atoms with Crippen molar-refractivity contribution in [3.8, 4) is 6.01 Å². The van der Waals surface area contributed by atoms with Crippen molar-refractivity contribution in [2.45, 2.75) is 37.7 Å². The number of hydrogen-bond donors (Lipinski definition) is 1. The number of hydrogen-bond acceptors (Lipinski definition) is 6. The number of nitrogens with zero attached hydrogens (tertiary/aromatic N) is 4. The van der Waals surface area contributed by atoms with Gasteiger partial charge in [-0.05, 0) is 26.7 Å². The SMILES string of the molecule is Cc1n[nH]c(C)c1S(=O)(=O)N1CCCC(Oc2ncc(F)cn2)C1. The van der Waals surface area contributed by atoms with E-state index in [1.807, 2.05) is 0 Å². The molecule has 1 aliphatic rings. The molecule has 0 amide bonds. The summed E-state index contributed by atoms with van der Waals surface area (Å²) in [4.78, 5) is 7.70. The summed E-state index contributed by atoms with van der Waals surface area (Å²) in [7, 11) is -3.65. The normalized spacial score (nSPS) is 19.4. The van der Waals surface area contributed by atoms with E-state index in [9.17, 15) is 12.8 Å². The molecule has 10 heteroatoms. The van der Waals surface area contributed by atoms with E-state index >= 15 is 0 Å². The molecule has 1 fully saturated rings. The lowest BCUT2D eigenvalue weighted by atomic mass is 10.1. The van der Waals surface area contributed by atoms with Crippen LogP contribution in [0.4, 0.5) is 4.39 Å². The van der Waals surface area contributed by atoms with Crippen molar-refractivity contribution >= 4 is 10.0 Å². The molecule has 0 bridgehead atoms. The third kappa shape index (κ3) is 3.24. The Morgan fingerprint density at radius 1 is 1.33 bits per heavy atom. The number of aryl methyl sites for hydroxylation is 2. The number of ether oxygens (including phenoxy) is 1. The van der Waals surface area contributed by atoms with Gasteiger partial charge >= 0.3 is 6.01 Å². The van der Waals surface area contributed by atoms with Gasteiger partial charge in [0.1, 0.15) is 11.0 Å². The van der Waals surface area contributed by atoms with E-state index in [2.05, 4.69) is 20.2 Å². The van der Waals surface area contributed by atoms with Crippen LogP contribution in [0.3, 0.4) is 0 Å². The molecule has 1 N–H and O–H groups in total. The van der Waals surface area contributed by atoms with Crippen LogP contribution >= 0.6 is 0 Å². The molecule has 24 heavy (non-hydrogen) atoms. The molecule has 8 nitrogen and oxygen atoms in total. The molecule has 130 valence electrons. The quantitative estimate of drug-likeness (QED) is 0.884. The first-order valence-electron chi connectivity index (χ1n) is 7.54. The van der Waals surface area contributed by atoms with Gasteiger partial charge in [0.05, 0.1) is 30.3 Å². The highest BCUT2D eigenvalue weighted by Gasteiger charge is 2.34. The summed E-state index contributed by atoms with van der Waals surface area (Å²) < 4.78 is 45.5. The number of piperidine rings is 1. The first kappa shape index (κ1) is 16.8. The van der Waals surface area contributed by atoms with Gasteiger partial charge in [-0.15, -0.1) is 0 Å². The minimum atomic E-state index is -3.65. The van der Waals surface area contributed by atoms with Gasteiger partial charge in [0.2, 0.25) is 10.0 Å². The van der Waals surface area contributed by atoms with Crippen molar-refractivity contribution in [1.29, 1.82) is 0 Å². The topological polar surface area (TPSA) is 101 Å². The lowest BCUT2D eigenvalue weighted by molar-refractivity contribution is 0.119. The molecule has 1 unspecified atom stereocenters. The third-order valence-corrected chi connectivity index (χ3v) is 6.00. The lowest BCUT2D eigenvalue weighted by Gasteiger charge is -2.31. The summed E-state index contributed by atoms with van der Waals surface area (Å²) >= 11 is 0. The zero-order chi connectivity index (χ0) is 17.3. The van der Waals surface area contributed by atoms with Gasteiger partial charge in [-0.3, -0.25) is 5.10 Å². The summed E-state index contributed by atoms with van der Waals surface area (Å²) in [6.45, 7) is 3.93. The van der Waals surface area contributed by atoms with E-state index in [0.717, 1.165) is 12.4 Å². The Hall–Kier alpha value is -2.07. The fourth-order valence-electron chi connectivity index (χ4n) is 2.78. The van der Waals surface area contributed by atoms with Crippen molar-refractivity contribution in [1.82, 2.24) is 24.5 Å². The van der Waals surface area contributed by atoms with Gasteiger partial charge < -0.3 is 4.74 Å². The van der Waals surface area contributed by atoms with Crippen LogP contribution in [-0.2, 0) is 10.0 Å². The largest absolute Gasteiger partial charge is 0.459 e. The maximum Gasteiger partial charge on any atom is 0.316 e. The average molecular weight is 355 g/mol. The minimum absolute atomic E-state index is 0.0383. The Bertz CT molecular complexity index is 802. The summed E-state index contributed by atoms with van der Waals surface area (Å²) in [5.74, 6) is -0.555. The molecule has 1 aliphatic heterocycles. The zero-order valence-electron chi connectivity index (χ0n) is 13.4.